The highest BCUT2D eigenvalue weighted by Gasteiger charge is 2.46. The van der Waals surface area contributed by atoms with Crippen LogP contribution in [-0.2, 0) is 14.3 Å². The molecule has 0 saturated carbocycles. The molecule has 1 amide bonds. The van der Waals surface area contributed by atoms with Gasteiger partial charge in [0.1, 0.15) is 17.4 Å². The van der Waals surface area contributed by atoms with Crippen molar-refractivity contribution in [2.24, 2.45) is 0 Å². The zero-order valence-electron chi connectivity index (χ0n) is 16.8. The number of aliphatic hydroxyl groups is 1. The molecule has 2 heterocycles. The zero-order chi connectivity index (χ0) is 22.0. The van der Waals surface area contributed by atoms with Crippen molar-refractivity contribution in [2.45, 2.75) is 6.04 Å². The number of likely N-dealkylation sites (tertiary alicyclic amines) is 1. The number of halogens is 2. The van der Waals surface area contributed by atoms with Crippen molar-refractivity contribution in [3.8, 4) is 0 Å². The van der Waals surface area contributed by atoms with Gasteiger partial charge in [0.2, 0.25) is 0 Å². The first kappa shape index (κ1) is 21.1. The van der Waals surface area contributed by atoms with Crippen LogP contribution in [0.1, 0.15) is 17.2 Å². The number of ketones is 1. The van der Waals surface area contributed by atoms with Crippen molar-refractivity contribution in [2.75, 3.05) is 39.4 Å². The monoisotopic (exact) mass is 428 g/mol. The SMILES string of the molecule is O=C1C(=O)N(CCN2CCOCC2)C(c2ccccc2F)/C1=C(\O)c1ccc(F)cc1. The van der Waals surface area contributed by atoms with Crippen LogP contribution in [0.4, 0.5) is 8.78 Å². The van der Waals surface area contributed by atoms with Gasteiger partial charge < -0.3 is 14.7 Å². The number of amides is 1. The minimum absolute atomic E-state index is 0.118. The Kier molecular flexibility index (Phi) is 6.11. The molecule has 0 spiro atoms. The normalized spacial score (nSPS) is 21.6. The van der Waals surface area contributed by atoms with Gasteiger partial charge in [0.25, 0.3) is 11.7 Å². The summed E-state index contributed by atoms with van der Waals surface area (Å²) in [6, 6.07) is 9.68. The van der Waals surface area contributed by atoms with E-state index in [-0.39, 0.29) is 23.2 Å². The van der Waals surface area contributed by atoms with E-state index < -0.39 is 35.1 Å². The van der Waals surface area contributed by atoms with Crippen LogP contribution in [0.3, 0.4) is 0 Å². The highest BCUT2D eigenvalue weighted by molar-refractivity contribution is 6.46. The third-order valence-electron chi connectivity index (χ3n) is 5.62. The van der Waals surface area contributed by atoms with E-state index in [1.54, 1.807) is 6.07 Å². The fourth-order valence-corrected chi connectivity index (χ4v) is 3.97. The molecule has 4 rings (SSSR count). The van der Waals surface area contributed by atoms with Crippen LogP contribution in [0.2, 0.25) is 0 Å². The van der Waals surface area contributed by atoms with Crippen LogP contribution in [0.5, 0.6) is 0 Å². The number of morpholine rings is 1. The van der Waals surface area contributed by atoms with Crippen LogP contribution in [0.15, 0.2) is 54.1 Å². The van der Waals surface area contributed by atoms with E-state index in [2.05, 4.69) is 4.90 Å². The minimum Gasteiger partial charge on any atom is -0.507 e. The summed E-state index contributed by atoms with van der Waals surface area (Å²) in [5, 5.41) is 10.9. The first-order valence-corrected chi connectivity index (χ1v) is 10.1. The third-order valence-corrected chi connectivity index (χ3v) is 5.62. The second kappa shape index (κ2) is 8.95. The van der Waals surface area contributed by atoms with Crippen LogP contribution < -0.4 is 0 Å². The molecule has 6 nitrogen and oxygen atoms in total. The smallest absolute Gasteiger partial charge is 0.295 e. The van der Waals surface area contributed by atoms with Gasteiger partial charge in [-0.05, 0) is 30.3 Å². The lowest BCUT2D eigenvalue weighted by Gasteiger charge is -2.31. The average Bonchev–Trinajstić information content (AvgIpc) is 3.03. The van der Waals surface area contributed by atoms with Crippen molar-refractivity contribution in [1.82, 2.24) is 9.80 Å². The van der Waals surface area contributed by atoms with Crippen LogP contribution >= 0.6 is 0 Å². The molecule has 2 aliphatic heterocycles. The quantitative estimate of drug-likeness (QED) is 0.451. The molecule has 1 unspecified atom stereocenters. The molecule has 31 heavy (non-hydrogen) atoms. The highest BCUT2D eigenvalue weighted by Crippen LogP contribution is 2.40. The first-order chi connectivity index (χ1) is 15.0. The minimum atomic E-state index is -1.08. The molecule has 2 aromatic rings. The molecule has 0 aromatic heterocycles. The molecule has 0 radical (unpaired) electrons. The molecule has 1 atom stereocenters. The Hall–Kier alpha value is -3.10. The number of Topliss-reactive ketones (excluding diaryl/α,β-unsaturated/α-hetero) is 1. The largest absolute Gasteiger partial charge is 0.507 e. The summed E-state index contributed by atoms with van der Waals surface area (Å²) in [7, 11) is 0. The van der Waals surface area contributed by atoms with Crippen LogP contribution in [0, 0.1) is 11.6 Å². The molecule has 2 saturated heterocycles. The predicted octanol–water partition coefficient (Wildman–Crippen LogP) is 2.72. The van der Waals surface area contributed by atoms with Crippen molar-refractivity contribution in [1.29, 1.82) is 0 Å². The topological polar surface area (TPSA) is 70.1 Å². The Morgan fingerprint density at radius 1 is 1.00 bits per heavy atom. The number of nitrogens with zero attached hydrogens (tertiary/aromatic N) is 2. The lowest BCUT2D eigenvalue weighted by atomic mass is 9.95. The summed E-state index contributed by atoms with van der Waals surface area (Å²) >= 11 is 0. The lowest BCUT2D eigenvalue weighted by Crippen LogP contribution is -2.42. The van der Waals surface area contributed by atoms with E-state index in [9.17, 15) is 23.5 Å². The second-order valence-corrected chi connectivity index (χ2v) is 7.47. The van der Waals surface area contributed by atoms with E-state index in [1.807, 2.05) is 0 Å². The summed E-state index contributed by atoms with van der Waals surface area (Å²) in [6.07, 6.45) is 0. The second-order valence-electron chi connectivity index (χ2n) is 7.47. The van der Waals surface area contributed by atoms with Gasteiger partial charge >= 0.3 is 0 Å². The summed E-state index contributed by atoms with van der Waals surface area (Å²) in [4.78, 5) is 29.2. The Morgan fingerprint density at radius 2 is 1.68 bits per heavy atom. The fourth-order valence-electron chi connectivity index (χ4n) is 3.97. The Labute approximate surface area is 178 Å². The number of carbonyl (C=O) groups excluding carboxylic acids is 2. The van der Waals surface area contributed by atoms with Crippen molar-refractivity contribution in [3.63, 3.8) is 0 Å². The number of aliphatic hydroxyl groups excluding tert-OH is 1. The van der Waals surface area contributed by atoms with Gasteiger partial charge in [-0.25, -0.2) is 8.78 Å². The molecular weight excluding hydrogens is 406 g/mol. The van der Waals surface area contributed by atoms with Crippen LogP contribution in [-0.4, -0.2) is 66.0 Å². The van der Waals surface area contributed by atoms with Gasteiger partial charge in [0.05, 0.1) is 24.8 Å². The molecule has 0 bridgehead atoms. The highest BCUT2D eigenvalue weighted by atomic mass is 19.1. The Morgan fingerprint density at radius 3 is 2.35 bits per heavy atom. The molecule has 2 fully saturated rings. The number of hydrogen-bond acceptors (Lipinski definition) is 5. The number of carbonyl (C=O) groups is 2. The Balaban J connectivity index is 1.75. The fraction of sp³-hybridized carbons (Fsp3) is 0.304. The molecule has 1 N–H and O–H groups in total. The van der Waals surface area contributed by atoms with E-state index in [0.29, 0.717) is 32.8 Å². The zero-order valence-corrected chi connectivity index (χ0v) is 16.8. The summed E-state index contributed by atoms with van der Waals surface area (Å²) in [5.41, 5.74) is 0.0879. The molecule has 2 aromatic carbocycles. The van der Waals surface area contributed by atoms with Gasteiger partial charge in [-0.3, -0.25) is 14.5 Å². The third kappa shape index (κ3) is 4.22. The van der Waals surface area contributed by atoms with Crippen LogP contribution in [0.25, 0.3) is 5.76 Å². The van der Waals surface area contributed by atoms with Gasteiger partial charge in [0.15, 0.2) is 0 Å². The standard InChI is InChI=1S/C23H22F2N2O4/c24-16-7-5-15(6-8-16)21(28)19-20(17-3-1-2-4-18(17)25)27(23(30)22(19)29)10-9-26-11-13-31-14-12-26/h1-8,20,28H,9-14H2/b21-19+. The van der Waals surface area contributed by atoms with Gasteiger partial charge in [-0.1, -0.05) is 18.2 Å². The maximum Gasteiger partial charge on any atom is 0.295 e. The maximum atomic E-state index is 14.7. The molecule has 162 valence electrons. The van der Waals surface area contributed by atoms with Crippen molar-refractivity contribution in [3.05, 3.63) is 76.9 Å². The van der Waals surface area contributed by atoms with Gasteiger partial charge in [-0.15, -0.1) is 0 Å². The molecule has 8 heteroatoms. The summed E-state index contributed by atoms with van der Waals surface area (Å²) in [6.45, 7) is 3.23. The molecular formula is C23H22F2N2O4. The summed E-state index contributed by atoms with van der Waals surface area (Å²) < 4.78 is 33.4. The van der Waals surface area contributed by atoms with E-state index in [0.717, 1.165) is 12.1 Å². The molecule has 2 aliphatic rings. The maximum absolute atomic E-state index is 14.7. The van der Waals surface area contributed by atoms with E-state index >= 15 is 0 Å². The Bertz CT molecular complexity index is 1020. The average molecular weight is 428 g/mol. The predicted molar refractivity (Wildman–Crippen MR) is 109 cm³/mol. The van der Waals surface area contributed by atoms with Gasteiger partial charge in [-0.2, -0.15) is 0 Å². The lowest BCUT2D eigenvalue weighted by molar-refractivity contribution is -0.140. The molecule has 0 aliphatic carbocycles. The number of ether oxygens (including phenoxy) is 1. The van der Waals surface area contributed by atoms with E-state index in [1.165, 1.54) is 35.2 Å². The van der Waals surface area contributed by atoms with Crippen molar-refractivity contribution < 1.29 is 28.2 Å². The van der Waals surface area contributed by atoms with Crippen molar-refractivity contribution >= 4 is 17.4 Å². The van der Waals surface area contributed by atoms with E-state index in [4.69, 9.17) is 4.74 Å². The number of rotatable bonds is 5. The first-order valence-electron chi connectivity index (χ1n) is 10.1. The van der Waals surface area contributed by atoms with Gasteiger partial charge in [0, 0.05) is 37.3 Å². The number of benzene rings is 2. The number of hydrogen-bond donors (Lipinski definition) is 1. The summed E-state index contributed by atoms with van der Waals surface area (Å²) in [5.74, 6) is -3.24.